The third-order valence-corrected chi connectivity index (χ3v) is 2.36. The molecule has 3 heteroatoms. The summed E-state index contributed by atoms with van der Waals surface area (Å²) in [5.74, 6) is 1.59. The number of fused-ring (bicyclic) bond motifs is 1. The van der Waals surface area contributed by atoms with Crippen molar-refractivity contribution < 1.29 is 14.3 Å². The summed E-state index contributed by atoms with van der Waals surface area (Å²) in [5, 5.41) is 0. The molecule has 0 fully saturated rings. The Kier molecular flexibility index (Phi) is 2.39. The van der Waals surface area contributed by atoms with Crippen molar-refractivity contribution in [1.82, 2.24) is 0 Å². The Balaban J connectivity index is 2.27. The topological polar surface area (TPSA) is 35.5 Å². The van der Waals surface area contributed by atoms with Gasteiger partial charge < -0.3 is 14.3 Å². The lowest BCUT2D eigenvalue weighted by atomic mass is 10.0. The molecule has 1 heterocycles. The molecule has 1 aromatic rings. The number of benzene rings is 1. The first-order chi connectivity index (χ1) is 6.81. The van der Waals surface area contributed by atoms with E-state index in [-0.39, 0.29) is 0 Å². The molecule has 0 unspecified atom stereocenters. The van der Waals surface area contributed by atoms with Gasteiger partial charge >= 0.3 is 0 Å². The van der Waals surface area contributed by atoms with Gasteiger partial charge in [-0.2, -0.15) is 0 Å². The molecule has 0 radical (unpaired) electrons. The minimum Gasteiger partial charge on any atom is -0.454 e. The zero-order chi connectivity index (χ0) is 9.97. The van der Waals surface area contributed by atoms with Gasteiger partial charge in [0, 0.05) is 6.42 Å². The second-order valence-electron chi connectivity index (χ2n) is 3.34. The predicted octanol–water partition coefficient (Wildman–Crippen LogP) is 1.86. The Morgan fingerprint density at radius 3 is 2.79 bits per heavy atom. The first kappa shape index (κ1) is 9.06. The number of hydrogen-bond donors (Lipinski definition) is 0. The molecule has 1 aliphatic heterocycles. The summed E-state index contributed by atoms with van der Waals surface area (Å²) in [6, 6.07) is 3.92. The summed E-state index contributed by atoms with van der Waals surface area (Å²) in [5.41, 5.74) is 2.30. The zero-order valence-electron chi connectivity index (χ0n) is 8.08. The number of carbonyl (C=O) groups is 1. The molecule has 0 aliphatic carbocycles. The average molecular weight is 192 g/mol. The van der Waals surface area contributed by atoms with Crippen LogP contribution in [-0.2, 0) is 11.2 Å². The summed E-state index contributed by atoms with van der Waals surface area (Å²) < 4.78 is 10.5. The Labute approximate surface area is 82.6 Å². The molecule has 2 rings (SSSR count). The van der Waals surface area contributed by atoms with E-state index < -0.39 is 0 Å². The summed E-state index contributed by atoms with van der Waals surface area (Å²) in [4.78, 5) is 10.3. The van der Waals surface area contributed by atoms with Crippen LogP contribution in [0.4, 0.5) is 0 Å². The van der Waals surface area contributed by atoms with E-state index in [0.29, 0.717) is 13.2 Å². The molecule has 0 atom stereocenters. The Hall–Kier alpha value is -1.51. The minimum absolute atomic E-state index is 0.298. The molecule has 0 saturated carbocycles. The molecule has 0 aromatic heterocycles. The lowest BCUT2D eigenvalue weighted by Crippen LogP contribution is -1.93. The van der Waals surface area contributed by atoms with Gasteiger partial charge in [-0.3, -0.25) is 0 Å². The lowest BCUT2D eigenvalue weighted by molar-refractivity contribution is -0.107. The van der Waals surface area contributed by atoms with Gasteiger partial charge in [-0.1, -0.05) is 0 Å². The van der Waals surface area contributed by atoms with Crippen LogP contribution in [0.1, 0.15) is 17.5 Å². The van der Waals surface area contributed by atoms with Crippen LogP contribution in [0.25, 0.3) is 0 Å². The van der Waals surface area contributed by atoms with Crippen molar-refractivity contribution in [2.75, 3.05) is 6.79 Å². The van der Waals surface area contributed by atoms with Gasteiger partial charge in [0.1, 0.15) is 6.29 Å². The third kappa shape index (κ3) is 1.58. The van der Waals surface area contributed by atoms with Gasteiger partial charge in [0.25, 0.3) is 0 Å². The Morgan fingerprint density at radius 2 is 2.07 bits per heavy atom. The fourth-order valence-corrected chi connectivity index (χ4v) is 1.57. The second-order valence-corrected chi connectivity index (χ2v) is 3.34. The van der Waals surface area contributed by atoms with E-state index in [1.807, 2.05) is 19.1 Å². The first-order valence-corrected chi connectivity index (χ1v) is 4.64. The minimum atomic E-state index is 0.298. The summed E-state index contributed by atoms with van der Waals surface area (Å²) in [7, 11) is 0. The molecular formula is C11H12O3. The molecule has 1 aliphatic rings. The highest BCUT2D eigenvalue weighted by Crippen LogP contribution is 2.34. The van der Waals surface area contributed by atoms with Gasteiger partial charge in [-0.15, -0.1) is 0 Å². The summed E-state index contributed by atoms with van der Waals surface area (Å²) in [6.45, 7) is 2.31. The maximum atomic E-state index is 10.3. The van der Waals surface area contributed by atoms with Crippen molar-refractivity contribution in [1.29, 1.82) is 0 Å². The number of carbonyl (C=O) groups excluding carboxylic acids is 1. The fourth-order valence-electron chi connectivity index (χ4n) is 1.57. The van der Waals surface area contributed by atoms with Crippen LogP contribution in [-0.4, -0.2) is 13.1 Å². The standard InChI is InChI=1S/C11H12O3/c1-8-5-10-11(14-7-13-10)6-9(8)3-2-4-12/h4-6H,2-3,7H2,1H3. The molecule has 14 heavy (non-hydrogen) atoms. The maximum Gasteiger partial charge on any atom is 0.231 e. The normalized spacial score (nSPS) is 12.9. The fraction of sp³-hybridized carbons (Fsp3) is 0.364. The van der Waals surface area contributed by atoms with Crippen molar-refractivity contribution in [2.24, 2.45) is 0 Å². The smallest absolute Gasteiger partial charge is 0.231 e. The van der Waals surface area contributed by atoms with Crippen molar-refractivity contribution >= 4 is 6.29 Å². The largest absolute Gasteiger partial charge is 0.454 e. The lowest BCUT2D eigenvalue weighted by Gasteiger charge is -2.05. The number of ether oxygens (including phenoxy) is 2. The Bertz CT molecular complexity index is 358. The van der Waals surface area contributed by atoms with Crippen LogP contribution in [0.5, 0.6) is 11.5 Å². The first-order valence-electron chi connectivity index (χ1n) is 4.64. The third-order valence-electron chi connectivity index (χ3n) is 2.36. The monoisotopic (exact) mass is 192 g/mol. The molecule has 0 saturated heterocycles. The second kappa shape index (κ2) is 3.70. The number of aldehydes is 1. The average Bonchev–Trinajstić information content (AvgIpc) is 2.61. The van der Waals surface area contributed by atoms with Crippen LogP contribution >= 0.6 is 0 Å². The highest BCUT2D eigenvalue weighted by Gasteiger charge is 2.14. The number of hydrogen-bond acceptors (Lipinski definition) is 3. The molecule has 0 spiro atoms. The van der Waals surface area contributed by atoms with Gasteiger partial charge in [0.2, 0.25) is 6.79 Å². The van der Waals surface area contributed by atoms with Crippen LogP contribution in [0.15, 0.2) is 12.1 Å². The Morgan fingerprint density at radius 1 is 1.36 bits per heavy atom. The van der Waals surface area contributed by atoms with Crippen LogP contribution in [0, 0.1) is 6.92 Å². The van der Waals surface area contributed by atoms with E-state index in [1.54, 1.807) is 0 Å². The number of rotatable bonds is 3. The molecular weight excluding hydrogens is 180 g/mol. The highest BCUT2D eigenvalue weighted by atomic mass is 16.7. The van der Waals surface area contributed by atoms with E-state index in [0.717, 1.165) is 35.3 Å². The summed E-state index contributed by atoms with van der Waals surface area (Å²) >= 11 is 0. The molecule has 0 bridgehead atoms. The summed E-state index contributed by atoms with van der Waals surface area (Å²) in [6.07, 6.45) is 2.26. The van der Waals surface area contributed by atoms with E-state index in [2.05, 4.69) is 0 Å². The SMILES string of the molecule is Cc1cc2c(cc1CCC=O)OCO2. The van der Waals surface area contributed by atoms with Crippen LogP contribution in [0.2, 0.25) is 0 Å². The predicted molar refractivity (Wildman–Crippen MR) is 51.7 cm³/mol. The van der Waals surface area contributed by atoms with Gasteiger partial charge in [0.05, 0.1) is 0 Å². The van der Waals surface area contributed by atoms with Gasteiger partial charge in [-0.05, 0) is 36.6 Å². The molecule has 74 valence electrons. The van der Waals surface area contributed by atoms with Crippen molar-refractivity contribution in [3.05, 3.63) is 23.3 Å². The van der Waals surface area contributed by atoms with Crippen LogP contribution in [0.3, 0.4) is 0 Å². The molecule has 0 N–H and O–H groups in total. The molecule has 3 nitrogen and oxygen atoms in total. The van der Waals surface area contributed by atoms with Crippen molar-refractivity contribution in [2.45, 2.75) is 19.8 Å². The van der Waals surface area contributed by atoms with Crippen molar-refractivity contribution in [3.8, 4) is 11.5 Å². The number of aryl methyl sites for hydroxylation is 2. The maximum absolute atomic E-state index is 10.3. The quantitative estimate of drug-likeness (QED) is 0.685. The van der Waals surface area contributed by atoms with Gasteiger partial charge in [0.15, 0.2) is 11.5 Å². The molecule has 0 amide bonds. The zero-order valence-corrected chi connectivity index (χ0v) is 8.08. The van der Waals surface area contributed by atoms with Crippen LogP contribution < -0.4 is 9.47 Å². The van der Waals surface area contributed by atoms with E-state index in [4.69, 9.17) is 9.47 Å². The van der Waals surface area contributed by atoms with E-state index >= 15 is 0 Å². The van der Waals surface area contributed by atoms with Gasteiger partial charge in [-0.25, -0.2) is 0 Å². The highest BCUT2D eigenvalue weighted by molar-refractivity contribution is 5.52. The van der Waals surface area contributed by atoms with Crippen molar-refractivity contribution in [3.63, 3.8) is 0 Å². The van der Waals surface area contributed by atoms with E-state index in [9.17, 15) is 4.79 Å². The molecule has 1 aromatic carbocycles. The van der Waals surface area contributed by atoms with E-state index in [1.165, 1.54) is 0 Å².